The molecule has 76 valence electrons. The Morgan fingerprint density at radius 1 is 1.57 bits per heavy atom. The van der Waals surface area contributed by atoms with Gasteiger partial charge in [-0.05, 0) is 29.2 Å². The van der Waals surface area contributed by atoms with Gasteiger partial charge < -0.3 is 4.74 Å². The molecule has 0 saturated heterocycles. The molecule has 0 spiro atoms. The quantitative estimate of drug-likeness (QED) is 0.730. The van der Waals surface area contributed by atoms with Crippen LogP contribution in [0.1, 0.15) is 36.6 Å². The molecule has 14 heavy (non-hydrogen) atoms. The van der Waals surface area contributed by atoms with Gasteiger partial charge in [-0.15, -0.1) is 0 Å². The third-order valence-corrected chi connectivity index (χ3v) is 2.17. The normalized spacial score (nSPS) is 10.6. The highest BCUT2D eigenvalue weighted by Crippen LogP contribution is 2.20. The van der Waals surface area contributed by atoms with Gasteiger partial charge in [-0.2, -0.15) is 0 Å². The number of aromatic nitrogens is 1. The van der Waals surface area contributed by atoms with E-state index in [-0.39, 0.29) is 0 Å². The lowest BCUT2D eigenvalue weighted by Gasteiger charge is -2.12. The molecule has 0 bridgehead atoms. The molecule has 0 aliphatic heterocycles. The second kappa shape index (κ2) is 4.91. The summed E-state index contributed by atoms with van der Waals surface area (Å²) in [6.07, 6.45) is 3.64. The van der Waals surface area contributed by atoms with E-state index in [2.05, 4.69) is 31.5 Å². The summed E-state index contributed by atoms with van der Waals surface area (Å²) in [5, 5.41) is 0. The summed E-state index contributed by atoms with van der Waals surface area (Å²) in [5.74, 6) is 0.488. The number of pyridine rings is 1. The molecule has 0 aliphatic rings. The van der Waals surface area contributed by atoms with E-state index in [1.165, 1.54) is 5.56 Å². The highest BCUT2D eigenvalue weighted by molar-refractivity contribution is 5.45. The van der Waals surface area contributed by atoms with Crippen molar-refractivity contribution in [1.82, 2.24) is 4.98 Å². The molecule has 1 heterocycles. The molecule has 0 aliphatic carbocycles. The van der Waals surface area contributed by atoms with Crippen molar-refractivity contribution in [3.8, 4) is 0 Å². The second-order valence-corrected chi connectivity index (χ2v) is 3.60. The fraction of sp³-hybridized carbons (Fsp3) is 0.417. The smallest absolute Gasteiger partial charge is 0.0730 e. The van der Waals surface area contributed by atoms with E-state index in [1.54, 1.807) is 13.2 Å². The van der Waals surface area contributed by atoms with Crippen LogP contribution in [0, 0.1) is 0 Å². The average molecular weight is 191 g/mol. The predicted octanol–water partition coefficient (Wildman–Crippen LogP) is 2.99. The number of ether oxygens (including phenoxy) is 1. The van der Waals surface area contributed by atoms with Crippen LogP contribution in [-0.4, -0.2) is 12.1 Å². The van der Waals surface area contributed by atoms with Crippen LogP contribution in [0.25, 0.3) is 6.08 Å². The summed E-state index contributed by atoms with van der Waals surface area (Å²) in [5.41, 5.74) is 3.37. The van der Waals surface area contributed by atoms with Crippen LogP contribution < -0.4 is 0 Å². The van der Waals surface area contributed by atoms with Crippen molar-refractivity contribution in [3.05, 3.63) is 35.7 Å². The van der Waals surface area contributed by atoms with Crippen LogP contribution in [0.15, 0.2) is 18.8 Å². The standard InChI is InChI=1S/C12H17NO/c1-5-11-6-12(9(2)3)10(7-13-11)8-14-4/h5-7,9H,1,8H2,2-4H3. The monoisotopic (exact) mass is 191 g/mol. The van der Waals surface area contributed by atoms with E-state index in [4.69, 9.17) is 4.74 Å². The molecule has 0 radical (unpaired) electrons. The molecule has 2 heteroatoms. The van der Waals surface area contributed by atoms with Gasteiger partial charge in [0.05, 0.1) is 12.3 Å². The Hall–Kier alpha value is -1.15. The largest absolute Gasteiger partial charge is 0.380 e. The van der Waals surface area contributed by atoms with Crippen LogP contribution in [-0.2, 0) is 11.3 Å². The van der Waals surface area contributed by atoms with Gasteiger partial charge in [-0.25, -0.2) is 0 Å². The molecule has 1 aromatic heterocycles. The summed E-state index contributed by atoms with van der Waals surface area (Å²) in [6.45, 7) is 8.67. The van der Waals surface area contributed by atoms with E-state index in [9.17, 15) is 0 Å². The van der Waals surface area contributed by atoms with Crippen LogP contribution in [0.5, 0.6) is 0 Å². The summed E-state index contributed by atoms with van der Waals surface area (Å²) >= 11 is 0. The fourth-order valence-corrected chi connectivity index (χ4v) is 1.44. The maximum absolute atomic E-state index is 5.13. The predicted molar refractivity (Wildman–Crippen MR) is 59.1 cm³/mol. The van der Waals surface area contributed by atoms with Gasteiger partial charge >= 0.3 is 0 Å². The number of hydrogen-bond acceptors (Lipinski definition) is 2. The summed E-state index contributed by atoms with van der Waals surface area (Å²) in [4.78, 5) is 4.26. The number of rotatable bonds is 4. The minimum Gasteiger partial charge on any atom is -0.380 e. The highest BCUT2D eigenvalue weighted by atomic mass is 16.5. The summed E-state index contributed by atoms with van der Waals surface area (Å²) in [7, 11) is 1.70. The van der Waals surface area contributed by atoms with Crippen molar-refractivity contribution in [2.75, 3.05) is 7.11 Å². The van der Waals surface area contributed by atoms with Gasteiger partial charge in [0.25, 0.3) is 0 Å². The first kappa shape index (κ1) is 10.9. The van der Waals surface area contributed by atoms with E-state index in [0.29, 0.717) is 12.5 Å². The Morgan fingerprint density at radius 3 is 2.79 bits per heavy atom. The molecule has 0 saturated carbocycles. The van der Waals surface area contributed by atoms with Crippen LogP contribution in [0.2, 0.25) is 0 Å². The Bertz CT molecular complexity index is 318. The zero-order valence-electron chi connectivity index (χ0n) is 9.08. The topological polar surface area (TPSA) is 22.1 Å². The van der Waals surface area contributed by atoms with Gasteiger partial charge in [-0.3, -0.25) is 4.98 Å². The van der Waals surface area contributed by atoms with Crippen molar-refractivity contribution >= 4 is 6.08 Å². The van der Waals surface area contributed by atoms with Gasteiger partial charge in [-0.1, -0.05) is 20.4 Å². The van der Waals surface area contributed by atoms with Crippen LogP contribution in [0.4, 0.5) is 0 Å². The number of nitrogens with zero attached hydrogens (tertiary/aromatic N) is 1. The molecule has 2 nitrogen and oxygen atoms in total. The van der Waals surface area contributed by atoms with Crippen molar-refractivity contribution in [2.24, 2.45) is 0 Å². The Morgan fingerprint density at radius 2 is 2.29 bits per heavy atom. The maximum Gasteiger partial charge on any atom is 0.0730 e. The second-order valence-electron chi connectivity index (χ2n) is 3.60. The Labute approximate surface area is 85.6 Å². The average Bonchev–Trinajstić information content (AvgIpc) is 2.18. The lowest BCUT2D eigenvalue weighted by Crippen LogP contribution is -2.00. The van der Waals surface area contributed by atoms with Gasteiger partial charge in [0.15, 0.2) is 0 Å². The molecule has 0 N–H and O–H groups in total. The summed E-state index contributed by atoms with van der Waals surface area (Å²) < 4.78 is 5.13. The molecule has 1 aromatic rings. The molecule has 0 aromatic carbocycles. The first-order chi connectivity index (χ1) is 6.69. The lowest BCUT2D eigenvalue weighted by molar-refractivity contribution is 0.183. The molecule has 0 amide bonds. The molecule has 0 unspecified atom stereocenters. The third-order valence-electron chi connectivity index (χ3n) is 2.17. The summed E-state index contributed by atoms with van der Waals surface area (Å²) in [6, 6.07) is 2.08. The molecular formula is C12H17NO. The molecule has 1 rings (SSSR count). The van der Waals surface area contributed by atoms with Crippen LogP contribution in [0.3, 0.4) is 0 Å². The zero-order valence-corrected chi connectivity index (χ0v) is 9.08. The number of methoxy groups -OCH3 is 1. The van der Waals surface area contributed by atoms with Gasteiger partial charge in [0, 0.05) is 13.3 Å². The minimum absolute atomic E-state index is 0.488. The molecule has 0 atom stereocenters. The number of hydrogen-bond donors (Lipinski definition) is 0. The SMILES string of the molecule is C=Cc1cc(C(C)C)c(COC)cn1. The van der Waals surface area contributed by atoms with Crippen LogP contribution >= 0.6 is 0 Å². The zero-order chi connectivity index (χ0) is 10.6. The van der Waals surface area contributed by atoms with Gasteiger partial charge in [0.1, 0.15) is 0 Å². The van der Waals surface area contributed by atoms with Crippen molar-refractivity contribution in [2.45, 2.75) is 26.4 Å². The van der Waals surface area contributed by atoms with E-state index < -0.39 is 0 Å². The minimum atomic E-state index is 0.488. The molecule has 0 fully saturated rings. The Balaban J connectivity index is 3.09. The Kier molecular flexibility index (Phi) is 3.84. The first-order valence-corrected chi connectivity index (χ1v) is 4.79. The first-order valence-electron chi connectivity index (χ1n) is 4.79. The van der Waals surface area contributed by atoms with Gasteiger partial charge in [0.2, 0.25) is 0 Å². The van der Waals surface area contributed by atoms with E-state index >= 15 is 0 Å². The third kappa shape index (κ3) is 2.42. The highest BCUT2D eigenvalue weighted by Gasteiger charge is 2.07. The van der Waals surface area contributed by atoms with Crippen molar-refractivity contribution in [3.63, 3.8) is 0 Å². The van der Waals surface area contributed by atoms with Crippen molar-refractivity contribution < 1.29 is 4.74 Å². The maximum atomic E-state index is 5.13. The van der Waals surface area contributed by atoms with E-state index in [0.717, 1.165) is 11.3 Å². The molecular weight excluding hydrogens is 174 g/mol. The lowest BCUT2D eigenvalue weighted by atomic mass is 9.98. The van der Waals surface area contributed by atoms with E-state index in [1.807, 2.05) is 6.20 Å². The fourth-order valence-electron chi connectivity index (χ4n) is 1.44. The van der Waals surface area contributed by atoms with Crippen molar-refractivity contribution in [1.29, 1.82) is 0 Å².